The maximum atomic E-state index is 13.0. The van der Waals surface area contributed by atoms with E-state index in [2.05, 4.69) is 10.6 Å². The van der Waals surface area contributed by atoms with Gasteiger partial charge in [0, 0.05) is 6.54 Å². The average molecular weight is 370 g/mol. The van der Waals surface area contributed by atoms with Gasteiger partial charge in [0.15, 0.2) is 16.6 Å². The second-order valence-electron chi connectivity index (χ2n) is 5.04. The summed E-state index contributed by atoms with van der Waals surface area (Å²) in [5.41, 5.74) is -0.0315. The third-order valence-corrected chi connectivity index (χ3v) is 3.63. The van der Waals surface area contributed by atoms with E-state index in [-0.39, 0.29) is 10.8 Å². The third-order valence-electron chi connectivity index (χ3n) is 3.38. The normalized spacial score (nSPS) is 10.9. The molecule has 4 nitrogen and oxygen atoms in total. The van der Waals surface area contributed by atoms with Gasteiger partial charge in [-0.2, -0.15) is 13.2 Å². The van der Waals surface area contributed by atoms with Crippen LogP contribution in [0.3, 0.4) is 0 Å². The minimum atomic E-state index is -4.46. The summed E-state index contributed by atoms with van der Waals surface area (Å²) >= 11 is 5.08. The predicted molar refractivity (Wildman–Crippen MR) is 94.1 cm³/mol. The minimum absolute atomic E-state index is 0.0893. The van der Waals surface area contributed by atoms with Gasteiger partial charge in [-0.15, -0.1) is 0 Å². The summed E-state index contributed by atoms with van der Waals surface area (Å²) in [4.78, 5) is 0. The Morgan fingerprint density at radius 3 is 2.36 bits per heavy atom. The fourth-order valence-corrected chi connectivity index (χ4v) is 2.36. The standard InChI is InChI=1S/C17H17F3N2O2S/c1-23-14-8-7-11(9-15(14)24-2)10-21-16(25)22-13-6-4-3-5-12(13)17(18,19)20/h3-9H,10H2,1-2H3,(H2,21,22,25). The Morgan fingerprint density at radius 1 is 1.04 bits per heavy atom. The number of anilines is 1. The maximum absolute atomic E-state index is 13.0. The highest BCUT2D eigenvalue weighted by Gasteiger charge is 2.33. The SMILES string of the molecule is COc1ccc(CNC(=S)Nc2ccccc2C(F)(F)F)cc1OC. The van der Waals surface area contributed by atoms with Crippen molar-refractivity contribution in [1.29, 1.82) is 0 Å². The fourth-order valence-electron chi connectivity index (χ4n) is 2.18. The summed E-state index contributed by atoms with van der Waals surface area (Å²) in [6, 6.07) is 10.5. The molecule has 0 unspecified atom stereocenters. The molecule has 0 heterocycles. The summed E-state index contributed by atoms with van der Waals surface area (Å²) in [7, 11) is 3.06. The quantitative estimate of drug-likeness (QED) is 0.772. The van der Waals surface area contributed by atoms with Gasteiger partial charge in [0.2, 0.25) is 0 Å². The first-order valence-electron chi connectivity index (χ1n) is 7.27. The zero-order chi connectivity index (χ0) is 18.4. The van der Waals surface area contributed by atoms with Crippen LogP contribution in [0.1, 0.15) is 11.1 Å². The first-order chi connectivity index (χ1) is 11.8. The average Bonchev–Trinajstić information content (AvgIpc) is 2.59. The summed E-state index contributed by atoms with van der Waals surface area (Å²) in [6.45, 7) is 0.320. The van der Waals surface area contributed by atoms with Crippen LogP contribution >= 0.6 is 12.2 Å². The number of ether oxygens (including phenoxy) is 2. The van der Waals surface area contributed by atoms with Crippen molar-refractivity contribution in [2.75, 3.05) is 19.5 Å². The van der Waals surface area contributed by atoms with E-state index in [0.717, 1.165) is 11.6 Å². The van der Waals surface area contributed by atoms with Crippen LogP contribution in [-0.4, -0.2) is 19.3 Å². The van der Waals surface area contributed by atoms with E-state index in [1.165, 1.54) is 32.4 Å². The number of thiocarbonyl (C=S) groups is 1. The number of halogens is 3. The van der Waals surface area contributed by atoms with Crippen LogP contribution in [0, 0.1) is 0 Å². The van der Waals surface area contributed by atoms with Crippen molar-refractivity contribution in [3.63, 3.8) is 0 Å². The van der Waals surface area contributed by atoms with Gasteiger partial charge in [-0.3, -0.25) is 0 Å². The van der Waals surface area contributed by atoms with Gasteiger partial charge in [0.05, 0.1) is 25.5 Å². The number of nitrogens with one attached hydrogen (secondary N) is 2. The largest absolute Gasteiger partial charge is 0.493 e. The van der Waals surface area contributed by atoms with Crippen molar-refractivity contribution in [2.45, 2.75) is 12.7 Å². The Hall–Kier alpha value is -2.48. The van der Waals surface area contributed by atoms with E-state index in [1.807, 2.05) is 0 Å². The Labute approximate surface area is 148 Å². The van der Waals surface area contributed by atoms with E-state index >= 15 is 0 Å². The van der Waals surface area contributed by atoms with Crippen LogP contribution in [-0.2, 0) is 12.7 Å². The van der Waals surface area contributed by atoms with Crippen LogP contribution in [0.2, 0.25) is 0 Å². The minimum Gasteiger partial charge on any atom is -0.493 e. The molecule has 2 aromatic carbocycles. The molecule has 2 rings (SSSR count). The molecule has 0 amide bonds. The van der Waals surface area contributed by atoms with Gasteiger partial charge >= 0.3 is 6.18 Å². The van der Waals surface area contributed by atoms with Crippen molar-refractivity contribution in [2.24, 2.45) is 0 Å². The summed E-state index contributed by atoms with van der Waals surface area (Å²) in [5.74, 6) is 1.15. The monoisotopic (exact) mass is 370 g/mol. The number of hydrogen-bond donors (Lipinski definition) is 2. The Balaban J connectivity index is 2.03. The summed E-state index contributed by atoms with van der Waals surface area (Å²) in [5, 5.41) is 5.54. The lowest BCUT2D eigenvalue weighted by Crippen LogP contribution is -2.29. The Bertz CT molecular complexity index is 751. The molecule has 0 aromatic heterocycles. The van der Waals surface area contributed by atoms with Gasteiger partial charge in [0.1, 0.15) is 0 Å². The molecule has 134 valence electrons. The molecule has 25 heavy (non-hydrogen) atoms. The lowest BCUT2D eigenvalue weighted by Gasteiger charge is -2.16. The van der Waals surface area contributed by atoms with E-state index in [1.54, 1.807) is 18.2 Å². The van der Waals surface area contributed by atoms with Gasteiger partial charge < -0.3 is 20.1 Å². The molecule has 8 heteroatoms. The summed E-state index contributed by atoms with van der Waals surface area (Å²) < 4.78 is 49.3. The zero-order valence-corrected chi connectivity index (χ0v) is 14.4. The molecular formula is C17H17F3N2O2S. The molecule has 0 atom stereocenters. The molecule has 0 radical (unpaired) electrons. The Morgan fingerprint density at radius 2 is 1.72 bits per heavy atom. The first kappa shape index (κ1) is 18.9. The second-order valence-corrected chi connectivity index (χ2v) is 5.45. The van der Waals surface area contributed by atoms with Crippen LogP contribution < -0.4 is 20.1 Å². The number of para-hydroxylation sites is 1. The van der Waals surface area contributed by atoms with Crippen LogP contribution in [0.15, 0.2) is 42.5 Å². The van der Waals surface area contributed by atoms with Crippen molar-refractivity contribution in [3.05, 3.63) is 53.6 Å². The van der Waals surface area contributed by atoms with Crippen LogP contribution in [0.4, 0.5) is 18.9 Å². The van der Waals surface area contributed by atoms with Crippen LogP contribution in [0.5, 0.6) is 11.5 Å². The van der Waals surface area contributed by atoms with Crippen LogP contribution in [0.25, 0.3) is 0 Å². The van der Waals surface area contributed by atoms with Gasteiger partial charge in [0.25, 0.3) is 0 Å². The number of benzene rings is 2. The number of hydrogen-bond acceptors (Lipinski definition) is 3. The molecule has 2 N–H and O–H groups in total. The van der Waals surface area contributed by atoms with Gasteiger partial charge in [-0.25, -0.2) is 0 Å². The maximum Gasteiger partial charge on any atom is 0.418 e. The topological polar surface area (TPSA) is 42.5 Å². The number of alkyl halides is 3. The third kappa shape index (κ3) is 4.99. The second kappa shape index (κ2) is 8.06. The molecule has 0 saturated heterocycles. The molecular weight excluding hydrogens is 353 g/mol. The van der Waals surface area contributed by atoms with E-state index in [0.29, 0.717) is 18.0 Å². The molecule has 0 aliphatic carbocycles. The smallest absolute Gasteiger partial charge is 0.418 e. The van der Waals surface area contributed by atoms with Crippen molar-refractivity contribution >= 4 is 23.0 Å². The molecule has 2 aromatic rings. The molecule has 0 aliphatic heterocycles. The lowest BCUT2D eigenvalue weighted by molar-refractivity contribution is -0.136. The molecule has 0 bridgehead atoms. The highest BCUT2D eigenvalue weighted by atomic mass is 32.1. The lowest BCUT2D eigenvalue weighted by atomic mass is 10.1. The highest BCUT2D eigenvalue weighted by molar-refractivity contribution is 7.80. The molecule has 0 fully saturated rings. The van der Waals surface area contributed by atoms with Crippen molar-refractivity contribution in [3.8, 4) is 11.5 Å². The van der Waals surface area contributed by atoms with E-state index in [9.17, 15) is 13.2 Å². The highest BCUT2D eigenvalue weighted by Crippen LogP contribution is 2.34. The summed E-state index contributed by atoms with van der Waals surface area (Å²) in [6.07, 6.45) is -4.46. The fraction of sp³-hybridized carbons (Fsp3) is 0.235. The first-order valence-corrected chi connectivity index (χ1v) is 7.68. The Kier molecular flexibility index (Phi) is 6.08. The van der Waals surface area contributed by atoms with Gasteiger partial charge in [-0.05, 0) is 42.0 Å². The number of methoxy groups -OCH3 is 2. The van der Waals surface area contributed by atoms with Crippen molar-refractivity contribution in [1.82, 2.24) is 5.32 Å². The number of rotatable bonds is 5. The predicted octanol–water partition coefficient (Wildman–Crippen LogP) is 4.21. The van der Waals surface area contributed by atoms with E-state index < -0.39 is 11.7 Å². The zero-order valence-electron chi connectivity index (χ0n) is 13.6. The van der Waals surface area contributed by atoms with E-state index in [4.69, 9.17) is 21.7 Å². The molecule has 0 aliphatic rings. The molecule has 0 spiro atoms. The van der Waals surface area contributed by atoms with Gasteiger partial charge in [-0.1, -0.05) is 18.2 Å². The molecule has 0 saturated carbocycles. The van der Waals surface area contributed by atoms with Crippen molar-refractivity contribution < 1.29 is 22.6 Å².